The monoisotopic (exact) mass is 438 g/mol. The minimum absolute atomic E-state index is 0.0165. The maximum atomic E-state index is 12.8. The smallest absolute Gasteiger partial charge is 0.446 e. The number of methoxy groups -OCH3 is 1. The number of hydrogen-bond acceptors (Lipinski definition) is 4. The maximum Gasteiger partial charge on any atom is 0.446 e. The van der Waals surface area contributed by atoms with Crippen LogP contribution in [-0.2, 0) is 0 Å². The van der Waals surface area contributed by atoms with Gasteiger partial charge < -0.3 is 14.5 Å². The van der Waals surface area contributed by atoms with E-state index >= 15 is 0 Å². The SMILES string of the molecule is COc1cc(C(=O)N2CCN(C(=O)c3ccccc3SC(F)(F)F)CC2)ccc1C. The number of ether oxygens (including phenoxy) is 1. The summed E-state index contributed by atoms with van der Waals surface area (Å²) in [6, 6.07) is 10.9. The van der Waals surface area contributed by atoms with Gasteiger partial charge in [-0.1, -0.05) is 18.2 Å². The molecule has 2 aromatic rings. The van der Waals surface area contributed by atoms with Crippen LogP contribution in [0.2, 0.25) is 0 Å². The van der Waals surface area contributed by atoms with E-state index in [1.807, 2.05) is 6.92 Å². The largest absolute Gasteiger partial charge is 0.496 e. The Hall–Kier alpha value is -2.68. The summed E-state index contributed by atoms with van der Waals surface area (Å²) >= 11 is -0.297. The molecule has 0 radical (unpaired) electrons. The van der Waals surface area contributed by atoms with Crippen molar-refractivity contribution in [2.75, 3.05) is 33.3 Å². The fourth-order valence-electron chi connectivity index (χ4n) is 3.28. The molecule has 0 saturated carbocycles. The Balaban J connectivity index is 1.67. The fraction of sp³-hybridized carbons (Fsp3) is 0.333. The van der Waals surface area contributed by atoms with Gasteiger partial charge in [-0.15, -0.1) is 0 Å². The Morgan fingerprint density at radius 1 is 0.967 bits per heavy atom. The van der Waals surface area contributed by atoms with Crippen molar-refractivity contribution in [3.05, 3.63) is 59.2 Å². The molecule has 2 aromatic carbocycles. The zero-order valence-corrected chi connectivity index (χ0v) is 17.3. The van der Waals surface area contributed by atoms with E-state index in [2.05, 4.69) is 0 Å². The number of benzene rings is 2. The van der Waals surface area contributed by atoms with Crippen LogP contribution >= 0.6 is 11.8 Å². The molecule has 1 aliphatic rings. The quantitative estimate of drug-likeness (QED) is 0.671. The molecule has 0 unspecified atom stereocenters. The van der Waals surface area contributed by atoms with E-state index < -0.39 is 11.4 Å². The summed E-state index contributed by atoms with van der Waals surface area (Å²) in [5.74, 6) is -0.0201. The minimum Gasteiger partial charge on any atom is -0.496 e. The molecule has 0 aliphatic carbocycles. The summed E-state index contributed by atoms with van der Waals surface area (Å²) in [6.07, 6.45) is 0. The molecular formula is C21H21F3N2O3S. The number of rotatable bonds is 4. The van der Waals surface area contributed by atoms with Crippen LogP contribution in [0.5, 0.6) is 5.75 Å². The number of carbonyl (C=O) groups is 2. The number of aryl methyl sites for hydroxylation is 1. The Morgan fingerprint density at radius 3 is 2.17 bits per heavy atom. The third-order valence-electron chi connectivity index (χ3n) is 4.85. The van der Waals surface area contributed by atoms with Crippen LogP contribution in [0.3, 0.4) is 0 Å². The van der Waals surface area contributed by atoms with Gasteiger partial charge in [0.25, 0.3) is 11.8 Å². The molecule has 1 fully saturated rings. The predicted octanol–water partition coefficient (Wildman–Crippen LogP) is 4.21. The Bertz CT molecular complexity index is 941. The fourth-order valence-corrected chi connectivity index (χ4v) is 3.94. The lowest BCUT2D eigenvalue weighted by atomic mass is 10.1. The molecule has 0 atom stereocenters. The summed E-state index contributed by atoms with van der Waals surface area (Å²) in [4.78, 5) is 28.6. The van der Waals surface area contributed by atoms with Gasteiger partial charge in [0.05, 0.1) is 12.7 Å². The first kappa shape index (κ1) is 22.0. The lowest BCUT2D eigenvalue weighted by Crippen LogP contribution is -2.50. The van der Waals surface area contributed by atoms with Crippen LogP contribution < -0.4 is 4.74 Å². The molecule has 1 saturated heterocycles. The normalized spacial score (nSPS) is 14.6. The second-order valence-corrected chi connectivity index (χ2v) is 7.92. The highest BCUT2D eigenvalue weighted by atomic mass is 32.2. The number of halogens is 3. The molecule has 0 spiro atoms. The third kappa shape index (κ3) is 5.08. The standard InChI is InChI=1S/C21H21F3N2O3S/c1-14-7-8-15(13-17(14)29-2)19(27)25-9-11-26(12-10-25)20(28)16-5-3-4-6-18(16)30-21(22,23)24/h3-8,13H,9-12H2,1-2H3. The lowest BCUT2D eigenvalue weighted by molar-refractivity contribution is -0.0328. The van der Waals surface area contributed by atoms with E-state index in [-0.39, 0.29) is 41.2 Å². The van der Waals surface area contributed by atoms with E-state index in [4.69, 9.17) is 4.74 Å². The van der Waals surface area contributed by atoms with E-state index in [1.165, 1.54) is 36.3 Å². The summed E-state index contributed by atoms with van der Waals surface area (Å²) in [6.45, 7) is 2.98. The molecule has 0 N–H and O–H groups in total. The molecule has 30 heavy (non-hydrogen) atoms. The third-order valence-corrected chi connectivity index (χ3v) is 5.66. The van der Waals surface area contributed by atoms with Crippen LogP contribution in [-0.4, -0.2) is 60.4 Å². The van der Waals surface area contributed by atoms with Gasteiger partial charge in [0.15, 0.2) is 0 Å². The minimum atomic E-state index is -4.48. The van der Waals surface area contributed by atoms with Gasteiger partial charge in [-0.2, -0.15) is 13.2 Å². The molecule has 160 valence electrons. The number of nitrogens with zero attached hydrogens (tertiary/aromatic N) is 2. The second kappa shape index (κ2) is 8.99. The summed E-state index contributed by atoms with van der Waals surface area (Å²) in [5, 5.41) is 0. The van der Waals surface area contributed by atoms with Gasteiger partial charge in [-0.3, -0.25) is 9.59 Å². The van der Waals surface area contributed by atoms with Gasteiger partial charge in [0, 0.05) is 36.6 Å². The van der Waals surface area contributed by atoms with Crippen molar-refractivity contribution in [3.63, 3.8) is 0 Å². The zero-order chi connectivity index (χ0) is 21.9. The first-order valence-corrected chi connectivity index (χ1v) is 10.1. The van der Waals surface area contributed by atoms with Crippen molar-refractivity contribution < 1.29 is 27.5 Å². The van der Waals surface area contributed by atoms with Crippen LogP contribution in [0, 0.1) is 6.92 Å². The van der Waals surface area contributed by atoms with E-state index in [0.29, 0.717) is 24.4 Å². The molecular weight excluding hydrogens is 417 g/mol. The summed E-state index contributed by atoms with van der Waals surface area (Å²) in [7, 11) is 1.54. The van der Waals surface area contributed by atoms with E-state index in [9.17, 15) is 22.8 Å². The number of carbonyl (C=O) groups excluding carboxylic acids is 2. The van der Waals surface area contributed by atoms with Crippen molar-refractivity contribution in [2.24, 2.45) is 0 Å². The first-order chi connectivity index (χ1) is 14.2. The molecule has 9 heteroatoms. The van der Waals surface area contributed by atoms with Gasteiger partial charge in [-0.05, 0) is 48.5 Å². The Morgan fingerprint density at radius 2 is 1.57 bits per heavy atom. The number of thioether (sulfide) groups is 1. The zero-order valence-electron chi connectivity index (χ0n) is 16.5. The molecule has 1 aliphatic heterocycles. The average molecular weight is 438 g/mol. The Kier molecular flexibility index (Phi) is 6.60. The van der Waals surface area contributed by atoms with E-state index in [0.717, 1.165) is 5.56 Å². The van der Waals surface area contributed by atoms with Crippen LogP contribution in [0.15, 0.2) is 47.4 Å². The van der Waals surface area contributed by atoms with Crippen molar-refractivity contribution in [3.8, 4) is 5.75 Å². The van der Waals surface area contributed by atoms with Crippen LogP contribution in [0.25, 0.3) is 0 Å². The summed E-state index contributed by atoms with van der Waals surface area (Å²) < 4.78 is 43.6. The first-order valence-electron chi connectivity index (χ1n) is 9.27. The molecule has 0 bridgehead atoms. The van der Waals surface area contributed by atoms with Crippen molar-refractivity contribution in [1.82, 2.24) is 9.80 Å². The maximum absolute atomic E-state index is 12.8. The van der Waals surface area contributed by atoms with Gasteiger partial charge in [0.1, 0.15) is 5.75 Å². The number of alkyl halides is 3. The summed E-state index contributed by atoms with van der Waals surface area (Å²) in [5.41, 5.74) is -3.05. The van der Waals surface area contributed by atoms with Crippen LogP contribution in [0.4, 0.5) is 13.2 Å². The average Bonchev–Trinajstić information content (AvgIpc) is 2.72. The Labute approximate surface area is 176 Å². The number of piperazine rings is 1. The van der Waals surface area contributed by atoms with Crippen LogP contribution in [0.1, 0.15) is 26.3 Å². The molecule has 1 heterocycles. The lowest BCUT2D eigenvalue weighted by Gasteiger charge is -2.35. The highest BCUT2D eigenvalue weighted by Gasteiger charge is 2.33. The molecule has 3 rings (SSSR count). The number of amides is 2. The second-order valence-electron chi connectivity index (χ2n) is 6.81. The molecule has 2 amide bonds. The van der Waals surface area contributed by atoms with Gasteiger partial charge in [-0.25, -0.2) is 0 Å². The van der Waals surface area contributed by atoms with Gasteiger partial charge >= 0.3 is 5.51 Å². The number of hydrogen-bond donors (Lipinski definition) is 0. The van der Waals surface area contributed by atoms with E-state index in [1.54, 1.807) is 23.1 Å². The predicted molar refractivity (Wildman–Crippen MR) is 108 cm³/mol. The van der Waals surface area contributed by atoms with Crippen molar-refractivity contribution in [2.45, 2.75) is 17.3 Å². The van der Waals surface area contributed by atoms with Crippen molar-refractivity contribution >= 4 is 23.6 Å². The van der Waals surface area contributed by atoms with Gasteiger partial charge in [0.2, 0.25) is 0 Å². The molecule has 0 aromatic heterocycles. The highest BCUT2D eigenvalue weighted by Crippen LogP contribution is 2.38. The molecule has 5 nitrogen and oxygen atoms in total. The topological polar surface area (TPSA) is 49.9 Å². The van der Waals surface area contributed by atoms with Crippen molar-refractivity contribution in [1.29, 1.82) is 0 Å². The highest BCUT2D eigenvalue weighted by molar-refractivity contribution is 8.00.